The third kappa shape index (κ3) is 2.12. The minimum Gasteiger partial charge on any atom is -0.478 e. The van der Waals surface area contributed by atoms with Crippen molar-refractivity contribution in [3.05, 3.63) is 43.0 Å². The van der Waals surface area contributed by atoms with Crippen LogP contribution >= 0.6 is 0 Å². The van der Waals surface area contributed by atoms with Crippen molar-refractivity contribution in [2.45, 2.75) is 20.3 Å². The Balaban J connectivity index is 3.81. The van der Waals surface area contributed by atoms with Crippen molar-refractivity contribution in [3.63, 3.8) is 0 Å². The summed E-state index contributed by atoms with van der Waals surface area (Å²) < 4.78 is 0. The van der Waals surface area contributed by atoms with Crippen LogP contribution in [0.5, 0.6) is 0 Å². The third-order valence-electron chi connectivity index (χ3n) is 2.60. The fourth-order valence-electron chi connectivity index (χ4n) is 1.79. The molecule has 0 atom stereocenters. The Kier molecular flexibility index (Phi) is 3.60. The van der Waals surface area contributed by atoms with Crippen LogP contribution in [0.3, 0.4) is 0 Å². The van der Waals surface area contributed by atoms with E-state index >= 15 is 0 Å². The molecule has 0 heterocycles. The van der Waals surface area contributed by atoms with E-state index in [1.165, 1.54) is 13.8 Å². The van der Waals surface area contributed by atoms with E-state index in [2.05, 4.69) is 0 Å². The zero-order valence-electron chi connectivity index (χ0n) is 9.67. The molecular formula is C10H10N2O6. The standard InChI is InChI=1S/C10H10N2O6/c1-3-6-8(11(15)16)4-7(10(13)14)5(2)9(6)12(17)18/h4H,3H2,1-2H3,(H,13,14). The van der Waals surface area contributed by atoms with Crippen molar-refractivity contribution < 1.29 is 19.7 Å². The van der Waals surface area contributed by atoms with Gasteiger partial charge in [0, 0.05) is 11.6 Å². The number of carboxylic acid groups (broad SMARTS) is 1. The smallest absolute Gasteiger partial charge is 0.336 e. The van der Waals surface area contributed by atoms with Crippen molar-refractivity contribution in [1.82, 2.24) is 0 Å². The van der Waals surface area contributed by atoms with Crippen LogP contribution in [0.1, 0.15) is 28.4 Å². The fourth-order valence-corrected chi connectivity index (χ4v) is 1.79. The molecule has 0 aliphatic rings. The number of rotatable bonds is 4. The molecule has 0 aliphatic heterocycles. The van der Waals surface area contributed by atoms with Gasteiger partial charge in [-0.3, -0.25) is 20.2 Å². The molecule has 1 N–H and O–H groups in total. The van der Waals surface area contributed by atoms with Crippen molar-refractivity contribution in [3.8, 4) is 0 Å². The Morgan fingerprint density at radius 1 is 1.33 bits per heavy atom. The summed E-state index contributed by atoms with van der Waals surface area (Å²) in [5, 5.41) is 30.7. The highest BCUT2D eigenvalue weighted by atomic mass is 16.6. The topological polar surface area (TPSA) is 124 Å². The lowest BCUT2D eigenvalue weighted by atomic mass is 9.98. The van der Waals surface area contributed by atoms with Crippen molar-refractivity contribution in [1.29, 1.82) is 0 Å². The van der Waals surface area contributed by atoms with Gasteiger partial charge in [-0.25, -0.2) is 4.79 Å². The summed E-state index contributed by atoms with van der Waals surface area (Å²) in [4.78, 5) is 31.1. The van der Waals surface area contributed by atoms with E-state index in [1.54, 1.807) is 0 Å². The van der Waals surface area contributed by atoms with Gasteiger partial charge in [0.15, 0.2) is 0 Å². The Labute approximate surface area is 101 Å². The lowest BCUT2D eigenvalue weighted by Gasteiger charge is -2.07. The normalized spacial score (nSPS) is 10.1. The van der Waals surface area contributed by atoms with Crippen LogP contribution < -0.4 is 0 Å². The molecule has 0 aliphatic carbocycles. The monoisotopic (exact) mass is 254 g/mol. The van der Waals surface area contributed by atoms with Gasteiger partial charge in [0.1, 0.15) is 5.56 Å². The minimum atomic E-state index is -1.43. The number of nitro groups is 2. The molecule has 0 amide bonds. The van der Waals surface area contributed by atoms with E-state index in [9.17, 15) is 25.0 Å². The molecule has 0 radical (unpaired) electrons. The first-order chi connectivity index (χ1) is 8.31. The summed E-state index contributed by atoms with van der Waals surface area (Å²) in [7, 11) is 0. The molecule has 0 aromatic heterocycles. The number of hydrogen-bond donors (Lipinski definition) is 1. The average molecular weight is 254 g/mol. The maximum absolute atomic E-state index is 10.9. The highest BCUT2D eigenvalue weighted by molar-refractivity contribution is 5.92. The van der Waals surface area contributed by atoms with Crippen LogP contribution in [0.25, 0.3) is 0 Å². The first kappa shape index (κ1) is 13.6. The summed E-state index contributed by atoms with van der Waals surface area (Å²) >= 11 is 0. The molecule has 0 bridgehead atoms. The Hall–Kier alpha value is -2.51. The van der Waals surface area contributed by atoms with Crippen LogP contribution in [0.2, 0.25) is 0 Å². The van der Waals surface area contributed by atoms with E-state index in [4.69, 9.17) is 5.11 Å². The van der Waals surface area contributed by atoms with E-state index in [0.717, 1.165) is 6.07 Å². The molecule has 8 nitrogen and oxygen atoms in total. The van der Waals surface area contributed by atoms with E-state index in [-0.39, 0.29) is 17.5 Å². The van der Waals surface area contributed by atoms with E-state index in [1.807, 2.05) is 0 Å². The van der Waals surface area contributed by atoms with Gasteiger partial charge in [-0.05, 0) is 13.3 Å². The van der Waals surface area contributed by atoms with Crippen LogP contribution in [0.4, 0.5) is 11.4 Å². The SMILES string of the molecule is CCc1c([N+](=O)[O-])cc(C(=O)O)c(C)c1[N+](=O)[O-]. The molecular weight excluding hydrogens is 244 g/mol. The molecule has 96 valence electrons. The number of nitrogens with zero attached hydrogens (tertiary/aromatic N) is 2. The number of hydrogen-bond acceptors (Lipinski definition) is 5. The van der Waals surface area contributed by atoms with Crippen molar-refractivity contribution in [2.75, 3.05) is 0 Å². The molecule has 8 heteroatoms. The first-order valence-corrected chi connectivity index (χ1v) is 4.99. The van der Waals surface area contributed by atoms with Gasteiger partial charge in [-0.1, -0.05) is 6.92 Å². The molecule has 1 aromatic carbocycles. The molecule has 1 aromatic rings. The zero-order valence-corrected chi connectivity index (χ0v) is 9.67. The second kappa shape index (κ2) is 4.78. The zero-order chi connectivity index (χ0) is 14.0. The van der Waals surface area contributed by atoms with E-state index < -0.39 is 32.8 Å². The lowest BCUT2D eigenvalue weighted by molar-refractivity contribution is -0.395. The Bertz CT molecular complexity index is 552. The lowest BCUT2D eigenvalue weighted by Crippen LogP contribution is -2.08. The van der Waals surface area contributed by atoms with Crippen molar-refractivity contribution >= 4 is 17.3 Å². The van der Waals surface area contributed by atoms with Crippen LogP contribution in [0.15, 0.2) is 6.07 Å². The molecule has 0 saturated heterocycles. The van der Waals surface area contributed by atoms with Gasteiger partial charge >= 0.3 is 5.97 Å². The summed E-state index contributed by atoms with van der Waals surface area (Å²) in [5.74, 6) is -1.43. The molecule has 0 saturated carbocycles. The molecule has 0 spiro atoms. The fraction of sp³-hybridized carbons (Fsp3) is 0.300. The first-order valence-electron chi connectivity index (χ1n) is 4.99. The largest absolute Gasteiger partial charge is 0.478 e. The summed E-state index contributed by atoms with van der Waals surface area (Å²) in [5.41, 5.74) is -1.59. The van der Waals surface area contributed by atoms with Gasteiger partial charge in [0.05, 0.1) is 15.4 Å². The van der Waals surface area contributed by atoms with Gasteiger partial charge in [0.25, 0.3) is 11.4 Å². The van der Waals surface area contributed by atoms with E-state index in [0.29, 0.717) is 0 Å². The van der Waals surface area contributed by atoms with Gasteiger partial charge < -0.3 is 5.11 Å². The Morgan fingerprint density at radius 3 is 2.22 bits per heavy atom. The molecule has 0 unspecified atom stereocenters. The third-order valence-corrected chi connectivity index (χ3v) is 2.60. The molecule has 1 rings (SSSR count). The summed E-state index contributed by atoms with van der Waals surface area (Å²) in [6.07, 6.45) is 0.0768. The number of aromatic carboxylic acids is 1. The van der Waals surface area contributed by atoms with Crippen LogP contribution in [-0.4, -0.2) is 20.9 Å². The maximum Gasteiger partial charge on any atom is 0.336 e. The second-order valence-corrected chi connectivity index (χ2v) is 3.57. The number of nitro benzene ring substituents is 2. The summed E-state index contributed by atoms with van der Waals surface area (Å²) in [6.45, 7) is 2.81. The highest BCUT2D eigenvalue weighted by Gasteiger charge is 2.30. The average Bonchev–Trinajstić information content (AvgIpc) is 2.26. The van der Waals surface area contributed by atoms with Crippen LogP contribution in [-0.2, 0) is 6.42 Å². The molecule has 0 fully saturated rings. The summed E-state index contributed by atoms with van der Waals surface area (Å²) in [6, 6.07) is 0.865. The maximum atomic E-state index is 10.9. The predicted molar refractivity (Wildman–Crippen MR) is 60.8 cm³/mol. The quantitative estimate of drug-likeness (QED) is 0.647. The van der Waals surface area contributed by atoms with Gasteiger partial charge in [-0.15, -0.1) is 0 Å². The van der Waals surface area contributed by atoms with Gasteiger partial charge in [-0.2, -0.15) is 0 Å². The number of benzene rings is 1. The number of carbonyl (C=O) groups is 1. The molecule has 18 heavy (non-hydrogen) atoms. The Morgan fingerprint density at radius 2 is 1.89 bits per heavy atom. The number of carboxylic acids is 1. The van der Waals surface area contributed by atoms with Gasteiger partial charge in [0.2, 0.25) is 0 Å². The minimum absolute atomic E-state index is 0.0625. The van der Waals surface area contributed by atoms with Crippen LogP contribution in [0, 0.1) is 27.2 Å². The van der Waals surface area contributed by atoms with Crippen molar-refractivity contribution in [2.24, 2.45) is 0 Å². The second-order valence-electron chi connectivity index (χ2n) is 3.57. The predicted octanol–water partition coefficient (Wildman–Crippen LogP) is 2.07. The highest BCUT2D eigenvalue weighted by Crippen LogP contribution is 2.34.